The molecule has 2 rings (SSSR count). The van der Waals surface area contributed by atoms with Crippen molar-refractivity contribution in [1.82, 2.24) is 19.5 Å². The molecule has 0 saturated heterocycles. The maximum Gasteiger partial charge on any atom is 0.323 e. The zero-order valence-corrected chi connectivity index (χ0v) is 9.85. The third-order valence-electron chi connectivity index (χ3n) is 2.45. The topological polar surface area (TPSA) is 87.8 Å². The number of carbonyl (C=O) groups is 2. The summed E-state index contributed by atoms with van der Waals surface area (Å²) < 4.78 is 1.48. The zero-order chi connectivity index (χ0) is 13.8. The van der Waals surface area contributed by atoms with Crippen LogP contribution in [0.5, 0.6) is 0 Å². The monoisotopic (exact) mass is 258 g/mol. The van der Waals surface area contributed by atoms with Crippen LogP contribution in [0.1, 0.15) is 10.4 Å². The summed E-state index contributed by atoms with van der Waals surface area (Å²) >= 11 is 0. The van der Waals surface area contributed by atoms with Gasteiger partial charge in [0.15, 0.2) is 0 Å². The Bertz CT molecular complexity index is 671. The van der Waals surface area contributed by atoms with Gasteiger partial charge in [-0.1, -0.05) is 5.92 Å². The van der Waals surface area contributed by atoms with Crippen LogP contribution in [0.25, 0.3) is 5.52 Å². The molecule has 7 heteroatoms. The molecule has 2 heterocycles. The Morgan fingerprint density at radius 3 is 2.95 bits per heavy atom. The summed E-state index contributed by atoms with van der Waals surface area (Å²) in [6.07, 6.45) is 11.1. The minimum absolute atomic E-state index is 0.0806. The van der Waals surface area contributed by atoms with Gasteiger partial charge in [-0.25, -0.2) is 4.52 Å². The first-order valence-electron chi connectivity index (χ1n) is 5.35. The SMILES string of the molecule is C#CCN(CC(=O)O)C(=O)c1cnn2ccncc12. The van der Waals surface area contributed by atoms with Crippen LogP contribution in [0.4, 0.5) is 0 Å². The molecule has 0 atom stereocenters. The van der Waals surface area contributed by atoms with E-state index in [0.29, 0.717) is 5.52 Å². The molecule has 0 aromatic carbocycles. The van der Waals surface area contributed by atoms with Crippen LogP contribution in [-0.2, 0) is 4.79 Å². The second-order valence-corrected chi connectivity index (χ2v) is 3.72. The molecule has 0 aliphatic heterocycles. The molecule has 0 aliphatic rings. The van der Waals surface area contributed by atoms with Crippen molar-refractivity contribution < 1.29 is 14.7 Å². The number of fused-ring (bicyclic) bond motifs is 1. The molecule has 0 fully saturated rings. The molecule has 19 heavy (non-hydrogen) atoms. The van der Waals surface area contributed by atoms with Crippen molar-refractivity contribution in [3.63, 3.8) is 0 Å². The Balaban J connectivity index is 2.36. The van der Waals surface area contributed by atoms with Gasteiger partial charge in [0, 0.05) is 12.4 Å². The summed E-state index contributed by atoms with van der Waals surface area (Å²) in [6.45, 7) is -0.538. The summed E-state index contributed by atoms with van der Waals surface area (Å²) in [5.41, 5.74) is 0.768. The van der Waals surface area contributed by atoms with Gasteiger partial charge < -0.3 is 10.0 Å². The number of carbonyl (C=O) groups excluding carboxylic acids is 1. The average Bonchev–Trinajstić information content (AvgIpc) is 2.80. The van der Waals surface area contributed by atoms with E-state index in [-0.39, 0.29) is 12.1 Å². The van der Waals surface area contributed by atoms with E-state index in [1.54, 1.807) is 6.20 Å². The van der Waals surface area contributed by atoms with E-state index in [9.17, 15) is 9.59 Å². The molecule has 0 unspecified atom stereocenters. The zero-order valence-electron chi connectivity index (χ0n) is 9.85. The van der Waals surface area contributed by atoms with Crippen molar-refractivity contribution in [2.75, 3.05) is 13.1 Å². The molecule has 0 saturated carbocycles. The lowest BCUT2D eigenvalue weighted by atomic mass is 10.2. The van der Waals surface area contributed by atoms with Gasteiger partial charge in [-0.15, -0.1) is 6.42 Å². The van der Waals surface area contributed by atoms with E-state index in [1.807, 2.05) is 0 Å². The molecule has 1 amide bonds. The minimum atomic E-state index is -1.13. The Kier molecular flexibility index (Phi) is 3.43. The highest BCUT2D eigenvalue weighted by atomic mass is 16.4. The lowest BCUT2D eigenvalue weighted by Gasteiger charge is -2.16. The Labute approximate surface area is 108 Å². The van der Waals surface area contributed by atoms with Crippen LogP contribution in [0, 0.1) is 12.3 Å². The molecule has 0 radical (unpaired) electrons. The third-order valence-corrected chi connectivity index (χ3v) is 2.45. The highest BCUT2D eigenvalue weighted by Gasteiger charge is 2.21. The number of hydrogen-bond acceptors (Lipinski definition) is 4. The van der Waals surface area contributed by atoms with Gasteiger partial charge in [-0.2, -0.15) is 5.10 Å². The smallest absolute Gasteiger partial charge is 0.323 e. The Morgan fingerprint density at radius 1 is 1.47 bits per heavy atom. The van der Waals surface area contributed by atoms with Crippen LogP contribution in [0.15, 0.2) is 24.8 Å². The summed E-state index contributed by atoms with van der Waals surface area (Å²) in [7, 11) is 0. The van der Waals surface area contributed by atoms with Crippen LogP contribution >= 0.6 is 0 Å². The van der Waals surface area contributed by atoms with Crippen LogP contribution in [0.3, 0.4) is 0 Å². The number of carboxylic acid groups (broad SMARTS) is 1. The van der Waals surface area contributed by atoms with Crippen molar-refractivity contribution >= 4 is 17.4 Å². The second kappa shape index (κ2) is 5.18. The van der Waals surface area contributed by atoms with E-state index in [1.165, 1.54) is 23.1 Å². The summed E-state index contributed by atoms with van der Waals surface area (Å²) in [4.78, 5) is 27.9. The normalized spacial score (nSPS) is 10.1. The molecular weight excluding hydrogens is 248 g/mol. The lowest BCUT2D eigenvalue weighted by molar-refractivity contribution is -0.137. The number of nitrogens with zero attached hydrogens (tertiary/aromatic N) is 4. The minimum Gasteiger partial charge on any atom is -0.480 e. The van der Waals surface area contributed by atoms with E-state index in [0.717, 1.165) is 4.90 Å². The van der Waals surface area contributed by atoms with E-state index in [2.05, 4.69) is 16.0 Å². The lowest BCUT2D eigenvalue weighted by Crippen LogP contribution is -2.35. The number of aliphatic carboxylic acids is 1. The first-order valence-corrected chi connectivity index (χ1v) is 5.35. The van der Waals surface area contributed by atoms with Gasteiger partial charge in [-0.3, -0.25) is 14.6 Å². The van der Waals surface area contributed by atoms with Gasteiger partial charge in [-0.05, 0) is 0 Å². The first kappa shape index (κ1) is 12.6. The Hall–Kier alpha value is -2.88. The number of hydrogen-bond donors (Lipinski definition) is 1. The predicted octanol–water partition coefficient (Wildman–Crippen LogP) is -0.111. The second-order valence-electron chi connectivity index (χ2n) is 3.72. The van der Waals surface area contributed by atoms with Gasteiger partial charge in [0.05, 0.1) is 30.0 Å². The van der Waals surface area contributed by atoms with Crippen LogP contribution < -0.4 is 0 Å². The van der Waals surface area contributed by atoms with Crippen molar-refractivity contribution in [1.29, 1.82) is 0 Å². The third kappa shape index (κ3) is 2.52. The highest BCUT2D eigenvalue weighted by Crippen LogP contribution is 2.11. The summed E-state index contributed by atoms with van der Waals surface area (Å²) in [5.74, 6) is 0.653. The number of amides is 1. The van der Waals surface area contributed by atoms with Crippen LogP contribution in [-0.4, -0.2) is 49.6 Å². The molecule has 0 aliphatic carbocycles. The van der Waals surface area contributed by atoms with E-state index < -0.39 is 18.4 Å². The Morgan fingerprint density at radius 2 is 2.26 bits per heavy atom. The van der Waals surface area contributed by atoms with E-state index >= 15 is 0 Å². The van der Waals surface area contributed by atoms with Crippen LogP contribution in [0.2, 0.25) is 0 Å². The summed E-state index contributed by atoms with van der Waals surface area (Å²) in [5, 5.41) is 12.8. The highest BCUT2D eigenvalue weighted by molar-refractivity contribution is 6.01. The standard InChI is InChI=1S/C12H10N4O3/c1-2-4-15(8-11(17)18)12(19)9-6-14-16-5-3-13-7-10(9)16/h1,3,5-7H,4,8H2,(H,17,18). The molecule has 0 bridgehead atoms. The number of rotatable bonds is 4. The van der Waals surface area contributed by atoms with Gasteiger partial charge >= 0.3 is 5.97 Å². The predicted molar refractivity (Wildman–Crippen MR) is 65.4 cm³/mol. The molecule has 7 nitrogen and oxygen atoms in total. The van der Waals surface area contributed by atoms with Gasteiger partial charge in [0.1, 0.15) is 6.54 Å². The summed E-state index contributed by atoms with van der Waals surface area (Å²) in [6, 6.07) is 0. The fourth-order valence-corrected chi connectivity index (χ4v) is 1.64. The number of carboxylic acids is 1. The molecule has 0 spiro atoms. The number of terminal acetylenes is 1. The van der Waals surface area contributed by atoms with Gasteiger partial charge in [0.25, 0.3) is 5.91 Å². The maximum absolute atomic E-state index is 12.2. The molecule has 2 aromatic heterocycles. The molecular formula is C12H10N4O3. The largest absolute Gasteiger partial charge is 0.480 e. The van der Waals surface area contributed by atoms with Crippen molar-refractivity contribution in [3.8, 4) is 12.3 Å². The number of aromatic nitrogens is 3. The van der Waals surface area contributed by atoms with E-state index in [4.69, 9.17) is 11.5 Å². The maximum atomic E-state index is 12.2. The fraction of sp³-hybridized carbons (Fsp3) is 0.167. The molecule has 96 valence electrons. The van der Waals surface area contributed by atoms with Gasteiger partial charge in [0.2, 0.25) is 0 Å². The van der Waals surface area contributed by atoms with Crippen molar-refractivity contribution in [3.05, 3.63) is 30.4 Å². The first-order chi connectivity index (χ1) is 9.13. The van der Waals surface area contributed by atoms with Crippen molar-refractivity contribution in [2.24, 2.45) is 0 Å². The molecule has 2 aromatic rings. The van der Waals surface area contributed by atoms with Crippen molar-refractivity contribution in [2.45, 2.75) is 0 Å². The average molecular weight is 258 g/mol. The fourth-order valence-electron chi connectivity index (χ4n) is 1.64. The quantitative estimate of drug-likeness (QED) is 0.773. The molecule has 1 N–H and O–H groups in total.